The van der Waals surface area contributed by atoms with Gasteiger partial charge in [0, 0.05) is 24.7 Å². The van der Waals surface area contributed by atoms with E-state index in [1.54, 1.807) is 0 Å². The summed E-state index contributed by atoms with van der Waals surface area (Å²) in [6.45, 7) is 3.42. The Morgan fingerprint density at radius 1 is 1.09 bits per heavy atom. The molecule has 2 fully saturated rings. The fraction of sp³-hybridized carbons (Fsp3) is 1.00. The van der Waals surface area contributed by atoms with Gasteiger partial charge in [0.15, 0.2) is 0 Å². The van der Waals surface area contributed by atoms with Crippen molar-refractivity contribution < 1.29 is 0 Å². The van der Waals surface area contributed by atoms with Crippen LogP contribution in [-0.4, -0.2) is 24.7 Å². The summed E-state index contributed by atoms with van der Waals surface area (Å²) in [7, 11) is 0. The van der Waals surface area contributed by atoms with E-state index in [0.29, 0.717) is 6.04 Å². The molecule has 0 bridgehead atoms. The maximum Gasteiger partial charge on any atom is 0.0224 e. The first-order chi connectivity index (χ1) is 5.36. The molecule has 2 N–H and O–H groups in total. The van der Waals surface area contributed by atoms with Crippen molar-refractivity contribution in [1.29, 1.82) is 0 Å². The molecule has 0 spiro atoms. The third-order valence-corrected chi connectivity index (χ3v) is 2.95. The van der Waals surface area contributed by atoms with Crippen LogP contribution in [0.2, 0.25) is 0 Å². The second-order valence-electron chi connectivity index (χ2n) is 3.97. The Labute approximate surface area is 68.7 Å². The van der Waals surface area contributed by atoms with Crippen LogP contribution < -0.4 is 10.6 Å². The molecular weight excluding hydrogens is 136 g/mol. The molecule has 1 saturated carbocycles. The molecule has 0 radical (unpaired) electrons. The Morgan fingerprint density at radius 2 is 1.82 bits per heavy atom. The maximum absolute atomic E-state index is 3.66. The van der Waals surface area contributed by atoms with Crippen molar-refractivity contribution in [3.63, 3.8) is 0 Å². The molecule has 3 atom stereocenters. The zero-order valence-corrected chi connectivity index (χ0v) is 7.27. The van der Waals surface area contributed by atoms with Crippen LogP contribution in [0.15, 0.2) is 0 Å². The van der Waals surface area contributed by atoms with Crippen LogP contribution in [0.3, 0.4) is 0 Å². The average molecular weight is 154 g/mol. The smallest absolute Gasteiger partial charge is 0.0224 e. The average Bonchev–Trinajstić information content (AvgIpc) is 2.04. The lowest BCUT2D eigenvalue weighted by molar-refractivity contribution is 0.219. The Bertz CT molecular complexity index is 136. The molecule has 2 heteroatoms. The maximum atomic E-state index is 3.66. The van der Waals surface area contributed by atoms with E-state index in [0.717, 1.165) is 18.6 Å². The molecule has 0 amide bonds. The molecule has 11 heavy (non-hydrogen) atoms. The minimum atomic E-state index is 0.675. The molecule has 1 aliphatic heterocycles. The highest BCUT2D eigenvalue weighted by molar-refractivity contribution is 4.92. The summed E-state index contributed by atoms with van der Waals surface area (Å²) in [5.74, 6) is 0. The molecule has 0 aromatic carbocycles. The van der Waals surface area contributed by atoms with E-state index in [9.17, 15) is 0 Å². The molecule has 64 valence electrons. The zero-order chi connectivity index (χ0) is 7.68. The summed E-state index contributed by atoms with van der Waals surface area (Å²) in [6.07, 6.45) is 5.60. The lowest BCUT2D eigenvalue weighted by Gasteiger charge is -2.40. The van der Waals surface area contributed by atoms with Crippen molar-refractivity contribution in [3.8, 4) is 0 Å². The van der Waals surface area contributed by atoms with Gasteiger partial charge >= 0.3 is 0 Å². The topological polar surface area (TPSA) is 24.1 Å². The van der Waals surface area contributed by atoms with Gasteiger partial charge in [0.25, 0.3) is 0 Å². The highest BCUT2D eigenvalue weighted by Crippen LogP contribution is 2.20. The van der Waals surface area contributed by atoms with Gasteiger partial charge in [0.2, 0.25) is 0 Å². The molecule has 2 rings (SSSR count). The van der Waals surface area contributed by atoms with E-state index < -0.39 is 0 Å². The first kappa shape index (κ1) is 7.56. The molecule has 0 aromatic rings. The number of piperazine rings is 1. The van der Waals surface area contributed by atoms with Crippen LogP contribution in [0.4, 0.5) is 0 Å². The van der Waals surface area contributed by atoms with Gasteiger partial charge in [-0.15, -0.1) is 0 Å². The SMILES string of the molecule is C[C@@H]1CN[C@H]2CCCCC2N1. The van der Waals surface area contributed by atoms with Crippen molar-refractivity contribution >= 4 is 0 Å². The third kappa shape index (κ3) is 1.57. The number of fused-ring (bicyclic) bond motifs is 1. The molecule has 0 aromatic heterocycles. The number of rotatable bonds is 0. The Hall–Kier alpha value is -0.0800. The van der Waals surface area contributed by atoms with Crippen LogP contribution in [0.25, 0.3) is 0 Å². The minimum absolute atomic E-state index is 0.675. The largest absolute Gasteiger partial charge is 0.311 e. The zero-order valence-electron chi connectivity index (χ0n) is 7.27. The highest BCUT2D eigenvalue weighted by Gasteiger charge is 2.29. The van der Waals surface area contributed by atoms with Crippen molar-refractivity contribution in [1.82, 2.24) is 10.6 Å². The number of hydrogen-bond acceptors (Lipinski definition) is 2. The molecule has 1 saturated heterocycles. The summed E-state index contributed by atoms with van der Waals surface area (Å²) in [6, 6.07) is 2.22. The normalized spacial score (nSPS) is 45.0. The monoisotopic (exact) mass is 154 g/mol. The fourth-order valence-electron chi connectivity index (χ4n) is 2.33. The highest BCUT2D eigenvalue weighted by atomic mass is 15.1. The van der Waals surface area contributed by atoms with Crippen LogP contribution in [-0.2, 0) is 0 Å². The second-order valence-corrected chi connectivity index (χ2v) is 3.97. The summed E-state index contributed by atoms with van der Waals surface area (Å²) >= 11 is 0. The first-order valence-electron chi connectivity index (χ1n) is 4.86. The van der Waals surface area contributed by atoms with Gasteiger partial charge in [0.05, 0.1) is 0 Å². The molecular formula is C9H18N2. The summed E-state index contributed by atoms with van der Waals surface area (Å²) in [5, 5.41) is 7.26. The predicted molar refractivity (Wildman–Crippen MR) is 46.6 cm³/mol. The molecule has 1 aliphatic carbocycles. The van der Waals surface area contributed by atoms with Crippen LogP contribution in [0.5, 0.6) is 0 Å². The van der Waals surface area contributed by atoms with E-state index in [2.05, 4.69) is 17.6 Å². The van der Waals surface area contributed by atoms with Gasteiger partial charge in [-0.3, -0.25) is 0 Å². The molecule has 2 nitrogen and oxygen atoms in total. The van der Waals surface area contributed by atoms with Gasteiger partial charge in [-0.05, 0) is 19.8 Å². The third-order valence-electron chi connectivity index (χ3n) is 2.95. The van der Waals surface area contributed by atoms with E-state index >= 15 is 0 Å². The van der Waals surface area contributed by atoms with Crippen LogP contribution >= 0.6 is 0 Å². The van der Waals surface area contributed by atoms with Gasteiger partial charge in [-0.1, -0.05) is 12.8 Å². The number of nitrogens with one attached hydrogen (secondary N) is 2. The lowest BCUT2D eigenvalue weighted by atomic mass is 9.88. The van der Waals surface area contributed by atoms with E-state index in [1.807, 2.05) is 0 Å². The Morgan fingerprint density at radius 3 is 2.64 bits per heavy atom. The predicted octanol–water partition coefficient (Wildman–Crippen LogP) is 0.879. The first-order valence-corrected chi connectivity index (χ1v) is 4.86. The minimum Gasteiger partial charge on any atom is -0.311 e. The molecule has 1 heterocycles. The lowest BCUT2D eigenvalue weighted by Crippen LogP contribution is -2.60. The van der Waals surface area contributed by atoms with E-state index in [-0.39, 0.29) is 0 Å². The number of hydrogen-bond donors (Lipinski definition) is 2. The second kappa shape index (κ2) is 3.11. The van der Waals surface area contributed by atoms with Crippen molar-refractivity contribution in [3.05, 3.63) is 0 Å². The Balaban J connectivity index is 1.93. The van der Waals surface area contributed by atoms with E-state index in [1.165, 1.54) is 25.7 Å². The molecule has 1 unspecified atom stereocenters. The van der Waals surface area contributed by atoms with Gasteiger partial charge in [-0.2, -0.15) is 0 Å². The van der Waals surface area contributed by atoms with Crippen LogP contribution in [0, 0.1) is 0 Å². The van der Waals surface area contributed by atoms with Gasteiger partial charge in [-0.25, -0.2) is 0 Å². The summed E-state index contributed by atoms with van der Waals surface area (Å²) < 4.78 is 0. The quantitative estimate of drug-likeness (QED) is 0.541. The summed E-state index contributed by atoms with van der Waals surface area (Å²) in [4.78, 5) is 0. The fourth-order valence-corrected chi connectivity index (χ4v) is 2.33. The summed E-state index contributed by atoms with van der Waals surface area (Å²) in [5.41, 5.74) is 0. The van der Waals surface area contributed by atoms with Crippen molar-refractivity contribution in [2.75, 3.05) is 6.54 Å². The van der Waals surface area contributed by atoms with Crippen LogP contribution in [0.1, 0.15) is 32.6 Å². The Kier molecular flexibility index (Phi) is 2.14. The van der Waals surface area contributed by atoms with Gasteiger partial charge in [0.1, 0.15) is 0 Å². The van der Waals surface area contributed by atoms with Gasteiger partial charge < -0.3 is 10.6 Å². The van der Waals surface area contributed by atoms with Crippen molar-refractivity contribution in [2.24, 2.45) is 0 Å². The standard InChI is InChI=1S/C9H18N2/c1-7-6-10-8-4-2-3-5-9(8)11-7/h7-11H,2-6H2,1H3/t7-,8+,9?/m1/s1. The molecule has 2 aliphatic rings. The van der Waals surface area contributed by atoms with E-state index in [4.69, 9.17) is 0 Å². The van der Waals surface area contributed by atoms with Crippen molar-refractivity contribution in [2.45, 2.75) is 50.7 Å².